The molecule has 0 spiro atoms. The van der Waals surface area contributed by atoms with Crippen LogP contribution in [0, 0.1) is 5.41 Å². The van der Waals surface area contributed by atoms with Crippen molar-refractivity contribution in [3.63, 3.8) is 0 Å². The minimum atomic E-state index is -0.492. The van der Waals surface area contributed by atoms with Crippen LogP contribution in [0.3, 0.4) is 0 Å². The van der Waals surface area contributed by atoms with Crippen LogP contribution in [-0.2, 0) is 9.53 Å². The molecular formula is C19H26N2O3. The number of carbonyl (C=O) groups excluding carboxylic acids is 2. The molecule has 1 saturated carbocycles. The summed E-state index contributed by atoms with van der Waals surface area (Å²) in [4.78, 5) is 26.6. The standard InChI is InChI=1S/C19H26N2O3/c1-21-10-4-7-16(12-21)14-5-3-6-15(11-14)17(22)20-13-19(8-9-19)18(23)24-2/h3,5-6,11,16H,4,7-10,12-13H2,1-2H3,(H,20,22)/t16-/m0/s1. The van der Waals surface area contributed by atoms with Crippen molar-refractivity contribution in [1.29, 1.82) is 0 Å². The van der Waals surface area contributed by atoms with E-state index in [0.717, 1.165) is 25.9 Å². The topological polar surface area (TPSA) is 58.6 Å². The number of ether oxygens (including phenoxy) is 1. The second-order valence-corrected chi connectivity index (χ2v) is 7.18. The number of nitrogens with one attached hydrogen (secondary N) is 1. The number of rotatable bonds is 5. The predicted molar refractivity (Wildman–Crippen MR) is 91.9 cm³/mol. The van der Waals surface area contributed by atoms with Gasteiger partial charge in [0, 0.05) is 18.7 Å². The Morgan fingerprint density at radius 1 is 1.38 bits per heavy atom. The van der Waals surface area contributed by atoms with Crippen LogP contribution in [0.1, 0.15) is 47.5 Å². The summed E-state index contributed by atoms with van der Waals surface area (Å²) in [5.74, 6) is 0.152. The Kier molecular flexibility index (Phi) is 4.90. The Labute approximate surface area is 143 Å². The van der Waals surface area contributed by atoms with Crippen LogP contribution in [0.2, 0.25) is 0 Å². The molecule has 1 heterocycles. The maximum Gasteiger partial charge on any atom is 0.313 e. The zero-order valence-corrected chi connectivity index (χ0v) is 14.5. The highest BCUT2D eigenvalue weighted by atomic mass is 16.5. The third-order valence-electron chi connectivity index (χ3n) is 5.30. The molecule has 2 aliphatic rings. The molecule has 0 aromatic heterocycles. The Morgan fingerprint density at radius 2 is 2.17 bits per heavy atom. The van der Waals surface area contributed by atoms with Gasteiger partial charge < -0.3 is 15.0 Å². The SMILES string of the molecule is COC(=O)C1(CNC(=O)c2cccc([C@H]3CCCN(C)C3)c2)CC1. The lowest BCUT2D eigenvalue weighted by molar-refractivity contribution is -0.146. The van der Waals surface area contributed by atoms with Gasteiger partial charge in [0.2, 0.25) is 0 Å². The van der Waals surface area contributed by atoms with Crippen LogP contribution in [-0.4, -0.2) is 50.6 Å². The first-order valence-electron chi connectivity index (χ1n) is 8.69. The number of piperidine rings is 1. The largest absolute Gasteiger partial charge is 0.469 e. The van der Waals surface area contributed by atoms with Crippen molar-refractivity contribution in [3.8, 4) is 0 Å². The number of amides is 1. The zero-order valence-electron chi connectivity index (χ0n) is 14.5. The van der Waals surface area contributed by atoms with Crippen molar-refractivity contribution < 1.29 is 14.3 Å². The van der Waals surface area contributed by atoms with Gasteiger partial charge in [-0.15, -0.1) is 0 Å². The number of likely N-dealkylation sites (tertiary alicyclic amines) is 1. The molecule has 0 bridgehead atoms. The van der Waals surface area contributed by atoms with Gasteiger partial charge in [-0.1, -0.05) is 12.1 Å². The van der Waals surface area contributed by atoms with E-state index in [1.54, 1.807) is 0 Å². The lowest BCUT2D eigenvalue weighted by Gasteiger charge is -2.30. The number of hydrogen-bond acceptors (Lipinski definition) is 4. The van der Waals surface area contributed by atoms with Crippen molar-refractivity contribution in [1.82, 2.24) is 10.2 Å². The number of nitrogens with zero attached hydrogens (tertiary/aromatic N) is 1. The van der Waals surface area contributed by atoms with Crippen molar-refractivity contribution in [2.45, 2.75) is 31.6 Å². The molecule has 130 valence electrons. The van der Waals surface area contributed by atoms with Gasteiger partial charge >= 0.3 is 5.97 Å². The molecule has 1 amide bonds. The van der Waals surface area contributed by atoms with Crippen LogP contribution in [0.4, 0.5) is 0 Å². The minimum absolute atomic E-state index is 0.115. The number of carbonyl (C=O) groups is 2. The molecule has 1 aromatic carbocycles. The van der Waals surface area contributed by atoms with Gasteiger partial charge in [-0.05, 0) is 62.9 Å². The lowest BCUT2D eigenvalue weighted by Crippen LogP contribution is -2.35. The normalized spacial score (nSPS) is 22.7. The molecule has 1 N–H and O–H groups in total. The predicted octanol–water partition coefficient (Wildman–Crippen LogP) is 2.18. The molecule has 0 radical (unpaired) electrons. The van der Waals surface area contributed by atoms with E-state index in [0.29, 0.717) is 18.0 Å². The molecule has 2 fully saturated rings. The fraction of sp³-hybridized carbons (Fsp3) is 0.579. The molecule has 24 heavy (non-hydrogen) atoms. The highest BCUT2D eigenvalue weighted by Crippen LogP contribution is 2.46. The van der Waals surface area contributed by atoms with Gasteiger partial charge in [0.15, 0.2) is 0 Å². The Balaban J connectivity index is 1.63. The van der Waals surface area contributed by atoms with E-state index in [-0.39, 0.29) is 11.9 Å². The zero-order chi connectivity index (χ0) is 17.2. The maximum absolute atomic E-state index is 12.5. The fourth-order valence-corrected chi connectivity index (χ4v) is 3.54. The summed E-state index contributed by atoms with van der Waals surface area (Å²) >= 11 is 0. The van der Waals surface area contributed by atoms with Gasteiger partial charge in [0.25, 0.3) is 5.91 Å². The molecule has 1 aliphatic carbocycles. The summed E-state index contributed by atoms with van der Waals surface area (Å²) in [7, 11) is 3.54. The fourth-order valence-electron chi connectivity index (χ4n) is 3.54. The summed E-state index contributed by atoms with van der Waals surface area (Å²) in [5, 5.41) is 2.91. The highest BCUT2D eigenvalue weighted by Gasteiger charge is 2.51. The molecule has 5 nitrogen and oxygen atoms in total. The Bertz CT molecular complexity index is 625. The number of methoxy groups -OCH3 is 1. The first kappa shape index (κ1) is 17.0. The van der Waals surface area contributed by atoms with E-state index in [9.17, 15) is 9.59 Å². The van der Waals surface area contributed by atoms with Crippen LogP contribution >= 0.6 is 0 Å². The first-order chi connectivity index (χ1) is 11.5. The third kappa shape index (κ3) is 3.61. The Hall–Kier alpha value is -1.88. The van der Waals surface area contributed by atoms with Crippen molar-refractivity contribution in [2.75, 3.05) is 33.8 Å². The number of hydrogen-bond donors (Lipinski definition) is 1. The van der Waals surface area contributed by atoms with Crippen molar-refractivity contribution in [2.24, 2.45) is 5.41 Å². The molecular weight excluding hydrogens is 304 g/mol. The third-order valence-corrected chi connectivity index (χ3v) is 5.30. The molecule has 1 aromatic rings. The van der Waals surface area contributed by atoms with E-state index in [1.165, 1.54) is 25.5 Å². The van der Waals surface area contributed by atoms with Crippen LogP contribution < -0.4 is 5.32 Å². The second-order valence-electron chi connectivity index (χ2n) is 7.18. The number of esters is 1. The van der Waals surface area contributed by atoms with Gasteiger partial charge in [0.05, 0.1) is 12.5 Å². The van der Waals surface area contributed by atoms with E-state index >= 15 is 0 Å². The average Bonchev–Trinajstić information content (AvgIpc) is 3.40. The summed E-state index contributed by atoms with van der Waals surface area (Å²) in [6.07, 6.45) is 3.93. The molecule has 1 atom stereocenters. The first-order valence-corrected chi connectivity index (χ1v) is 8.69. The Morgan fingerprint density at radius 3 is 2.83 bits per heavy atom. The summed E-state index contributed by atoms with van der Waals surface area (Å²) in [6.45, 7) is 2.54. The van der Waals surface area contributed by atoms with E-state index in [1.807, 2.05) is 18.2 Å². The van der Waals surface area contributed by atoms with Crippen molar-refractivity contribution >= 4 is 11.9 Å². The molecule has 1 aliphatic heterocycles. The average molecular weight is 330 g/mol. The highest BCUT2D eigenvalue weighted by molar-refractivity contribution is 5.95. The van der Waals surface area contributed by atoms with Gasteiger partial charge in [-0.25, -0.2) is 0 Å². The van der Waals surface area contributed by atoms with Crippen LogP contribution in [0.25, 0.3) is 0 Å². The summed E-state index contributed by atoms with van der Waals surface area (Å²) < 4.78 is 4.83. The van der Waals surface area contributed by atoms with Gasteiger partial charge in [-0.2, -0.15) is 0 Å². The molecule has 5 heteroatoms. The van der Waals surface area contributed by atoms with Crippen LogP contribution in [0.5, 0.6) is 0 Å². The maximum atomic E-state index is 12.5. The summed E-state index contributed by atoms with van der Waals surface area (Å²) in [6, 6.07) is 7.89. The van der Waals surface area contributed by atoms with Crippen LogP contribution in [0.15, 0.2) is 24.3 Å². The monoisotopic (exact) mass is 330 g/mol. The lowest BCUT2D eigenvalue weighted by atomic mass is 9.90. The van der Waals surface area contributed by atoms with E-state index in [4.69, 9.17) is 4.74 Å². The van der Waals surface area contributed by atoms with Gasteiger partial charge in [-0.3, -0.25) is 9.59 Å². The van der Waals surface area contributed by atoms with Gasteiger partial charge in [0.1, 0.15) is 0 Å². The van der Waals surface area contributed by atoms with Crippen molar-refractivity contribution in [3.05, 3.63) is 35.4 Å². The quantitative estimate of drug-likeness (QED) is 0.841. The second kappa shape index (κ2) is 6.93. The smallest absolute Gasteiger partial charge is 0.313 e. The number of likely N-dealkylation sites (N-methyl/N-ethyl adjacent to an activating group) is 1. The summed E-state index contributed by atoms with van der Waals surface area (Å²) in [5.41, 5.74) is 1.40. The minimum Gasteiger partial charge on any atom is -0.469 e. The molecule has 1 saturated heterocycles. The number of benzene rings is 1. The van der Waals surface area contributed by atoms with E-state index in [2.05, 4.69) is 23.3 Å². The molecule has 3 rings (SSSR count). The molecule has 0 unspecified atom stereocenters. The van der Waals surface area contributed by atoms with E-state index < -0.39 is 5.41 Å².